The molecular weight excluding hydrogens is 294 g/mol. The number of amides is 2. The van der Waals surface area contributed by atoms with Crippen molar-refractivity contribution >= 4 is 11.8 Å². The maximum Gasteiger partial charge on any atom is 0.271 e. The summed E-state index contributed by atoms with van der Waals surface area (Å²) in [5.41, 5.74) is 6.11. The zero-order chi connectivity index (χ0) is 16.5. The molecule has 0 atom stereocenters. The largest absolute Gasteiger partial charge is 0.494 e. The smallest absolute Gasteiger partial charge is 0.271 e. The molecule has 1 aromatic carbocycles. The number of para-hydroxylation sites is 1. The fourth-order valence-electron chi connectivity index (χ4n) is 2.01. The molecule has 0 aliphatic carbocycles. The maximum atomic E-state index is 11.8. The number of aryl methyl sites for hydroxylation is 1. The molecule has 0 radical (unpaired) electrons. The average Bonchev–Trinajstić information content (AvgIpc) is 2.60. The molecule has 0 bridgehead atoms. The number of carbonyl (C=O) groups is 2. The molecule has 0 saturated heterocycles. The SMILES string of the molecule is CCOc1ccccc1CCC(=O)NNC(=O)c1cccnc1. The van der Waals surface area contributed by atoms with Crippen molar-refractivity contribution in [2.24, 2.45) is 0 Å². The quantitative estimate of drug-likeness (QED) is 0.798. The van der Waals surface area contributed by atoms with Crippen LogP contribution in [0.1, 0.15) is 29.3 Å². The summed E-state index contributed by atoms with van der Waals surface area (Å²) in [6.45, 7) is 2.49. The number of rotatable bonds is 6. The van der Waals surface area contributed by atoms with E-state index in [0.29, 0.717) is 18.6 Å². The molecule has 0 spiro atoms. The van der Waals surface area contributed by atoms with Gasteiger partial charge in [-0.3, -0.25) is 25.4 Å². The first-order chi connectivity index (χ1) is 11.2. The highest BCUT2D eigenvalue weighted by Gasteiger charge is 2.09. The van der Waals surface area contributed by atoms with Gasteiger partial charge in [0.1, 0.15) is 5.75 Å². The van der Waals surface area contributed by atoms with Gasteiger partial charge < -0.3 is 4.74 Å². The van der Waals surface area contributed by atoms with E-state index in [1.807, 2.05) is 31.2 Å². The lowest BCUT2D eigenvalue weighted by atomic mass is 10.1. The zero-order valence-electron chi connectivity index (χ0n) is 12.9. The second kappa shape index (κ2) is 8.53. The monoisotopic (exact) mass is 313 g/mol. The molecule has 1 aromatic heterocycles. The number of hydrogen-bond acceptors (Lipinski definition) is 4. The van der Waals surface area contributed by atoms with Crippen LogP contribution in [0.15, 0.2) is 48.8 Å². The normalized spacial score (nSPS) is 9.96. The Morgan fingerprint density at radius 2 is 1.96 bits per heavy atom. The molecule has 2 rings (SSSR count). The summed E-state index contributed by atoms with van der Waals surface area (Å²) >= 11 is 0. The van der Waals surface area contributed by atoms with Crippen LogP contribution in [0.4, 0.5) is 0 Å². The topological polar surface area (TPSA) is 80.3 Å². The Bertz CT molecular complexity index is 659. The highest BCUT2D eigenvalue weighted by atomic mass is 16.5. The fourth-order valence-corrected chi connectivity index (χ4v) is 2.01. The summed E-state index contributed by atoms with van der Waals surface area (Å²) in [4.78, 5) is 27.5. The highest BCUT2D eigenvalue weighted by Crippen LogP contribution is 2.19. The van der Waals surface area contributed by atoms with E-state index in [1.165, 1.54) is 6.20 Å². The van der Waals surface area contributed by atoms with Gasteiger partial charge in [0.2, 0.25) is 5.91 Å². The van der Waals surface area contributed by atoms with Gasteiger partial charge in [0.15, 0.2) is 0 Å². The lowest BCUT2D eigenvalue weighted by molar-refractivity contribution is -0.121. The Morgan fingerprint density at radius 1 is 1.13 bits per heavy atom. The van der Waals surface area contributed by atoms with Crippen LogP contribution < -0.4 is 15.6 Å². The van der Waals surface area contributed by atoms with Crippen LogP contribution >= 0.6 is 0 Å². The number of nitrogens with zero attached hydrogens (tertiary/aromatic N) is 1. The van der Waals surface area contributed by atoms with E-state index in [0.717, 1.165) is 11.3 Å². The summed E-state index contributed by atoms with van der Waals surface area (Å²) in [6, 6.07) is 10.9. The van der Waals surface area contributed by atoms with E-state index in [1.54, 1.807) is 18.3 Å². The number of hydrogen-bond donors (Lipinski definition) is 2. The van der Waals surface area contributed by atoms with Crippen LogP contribution in [0, 0.1) is 0 Å². The number of carbonyl (C=O) groups excluding carboxylic acids is 2. The number of ether oxygens (including phenoxy) is 1. The van der Waals surface area contributed by atoms with Gasteiger partial charge in [-0.15, -0.1) is 0 Å². The molecule has 1 heterocycles. The van der Waals surface area contributed by atoms with E-state index in [2.05, 4.69) is 15.8 Å². The third-order valence-electron chi connectivity index (χ3n) is 3.13. The maximum absolute atomic E-state index is 11.8. The highest BCUT2D eigenvalue weighted by molar-refractivity contribution is 5.95. The number of benzene rings is 1. The van der Waals surface area contributed by atoms with Gasteiger partial charge in [0.25, 0.3) is 5.91 Å². The van der Waals surface area contributed by atoms with Crippen molar-refractivity contribution in [1.82, 2.24) is 15.8 Å². The molecule has 23 heavy (non-hydrogen) atoms. The second-order valence-corrected chi connectivity index (χ2v) is 4.78. The van der Waals surface area contributed by atoms with Crippen LogP contribution in [0.2, 0.25) is 0 Å². The standard InChI is InChI=1S/C17H19N3O3/c1-2-23-15-8-4-3-6-13(15)9-10-16(21)19-20-17(22)14-7-5-11-18-12-14/h3-8,11-12H,2,9-10H2,1H3,(H,19,21)(H,20,22). The van der Waals surface area contributed by atoms with Crippen LogP contribution in [0.3, 0.4) is 0 Å². The third kappa shape index (κ3) is 5.10. The minimum Gasteiger partial charge on any atom is -0.494 e. The van der Waals surface area contributed by atoms with Crippen LogP contribution in [0.25, 0.3) is 0 Å². The van der Waals surface area contributed by atoms with Crippen molar-refractivity contribution in [3.63, 3.8) is 0 Å². The molecule has 2 amide bonds. The molecule has 0 unspecified atom stereocenters. The van der Waals surface area contributed by atoms with Gasteiger partial charge in [-0.1, -0.05) is 18.2 Å². The fraction of sp³-hybridized carbons (Fsp3) is 0.235. The van der Waals surface area contributed by atoms with Crippen LogP contribution in [-0.4, -0.2) is 23.4 Å². The molecule has 6 heteroatoms. The second-order valence-electron chi connectivity index (χ2n) is 4.78. The molecule has 2 N–H and O–H groups in total. The molecule has 6 nitrogen and oxygen atoms in total. The lowest BCUT2D eigenvalue weighted by Crippen LogP contribution is -2.41. The van der Waals surface area contributed by atoms with E-state index >= 15 is 0 Å². The Kier molecular flexibility index (Phi) is 6.11. The van der Waals surface area contributed by atoms with Gasteiger partial charge in [-0.05, 0) is 37.1 Å². The van der Waals surface area contributed by atoms with Gasteiger partial charge in [0, 0.05) is 18.8 Å². The Morgan fingerprint density at radius 3 is 2.70 bits per heavy atom. The van der Waals surface area contributed by atoms with Crippen molar-refractivity contribution < 1.29 is 14.3 Å². The molecule has 0 aliphatic heterocycles. The van der Waals surface area contributed by atoms with Crippen molar-refractivity contribution in [2.45, 2.75) is 19.8 Å². The van der Waals surface area contributed by atoms with Crippen LogP contribution in [-0.2, 0) is 11.2 Å². The summed E-state index contributed by atoms with van der Waals surface area (Å²) in [6.07, 6.45) is 3.78. The lowest BCUT2D eigenvalue weighted by Gasteiger charge is -2.10. The molecule has 0 fully saturated rings. The Balaban J connectivity index is 1.81. The number of nitrogens with one attached hydrogen (secondary N) is 2. The van der Waals surface area contributed by atoms with Gasteiger partial charge in [0.05, 0.1) is 12.2 Å². The first kappa shape index (κ1) is 16.5. The van der Waals surface area contributed by atoms with E-state index in [9.17, 15) is 9.59 Å². The predicted molar refractivity (Wildman–Crippen MR) is 85.8 cm³/mol. The summed E-state index contributed by atoms with van der Waals surface area (Å²) in [5.74, 6) is 0.108. The summed E-state index contributed by atoms with van der Waals surface area (Å²) < 4.78 is 5.52. The third-order valence-corrected chi connectivity index (χ3v) is 3.13. The molecule has 0 aliphatic rings. The van der Waals surface area contributed by atoms with Crippen molar-refractivity contribution in [3.8, 4) is 5.75 Å². The molecule has 2 aromatic rings. The summed E-state index contributed by atoms with van der Waals surface area (Å²) in [5, 5.41) is 0. The summed E-state index contributed by atoms with van der Waals surface area (Å²) in [7, 11) is 0. The number of pyridine rings is 1. The Labute approximate surface area is 134 Å². The van der Waals surface area contributed by atoms with E-state index in [4.69, 9.17) is 4.74 Å². The van der Waals surface area contributed by atoms with Crippen molar-refractivity contribution in [1.29, 1.82) is 0 Å². The van der Waals surface area contributed by atoms with Crippen LogP contribution in [0.5, 0.6) is 5.75 Å². The molecular formula is C17H19N3O3. The van der Waals surface area contributed by atoms with Crippen molar-refractivity contribution in [3.05, 3.63) is 59.9 Å². The minimum atomic E-state index is -0.402. The Hall–Kier alpha value is -2.89. The zero-order valence-corrected chi connectivity index (χ0v) is 12.9. The van der Waals surface area contributed by atoms with Gasteiger partial charge >= 0.3 is 0 Å². The van der Waals surface area contributed by atoms with Gasteiger partial charge in [-0.2, -0.15) is 0 Å². The first-order valence-electron chi connectivity index (χ1n) is 7.40. The minimum absolute atomic E-state index is 0.247. The number of hydrazine groups is 1. The average molecular weight is 313 g/mol. The molecule has 0 saturated carbocycles. The predicted octanol–water partition coefficient (Wildman–Crippen LogP) is 1.87. The van der Waals surface area contributed by atoms with E-state index in [-0.39, 0.29) is 12.3 Å². The van der Waals surface area contributed by atoms with Crippen molar-refractivity contribution in [2.75, 3.05) is 6.61 Å². The number of aromatic nitrogens is 1. The van der Waals surface area contributed by atoms with Gasteiger partial charge in [-0.25, -0.2) is 0 Å². The van der Waals surface area contributed by atoms with E-state index < -0.39 is 5.91 Å². The molecule has 120 valence electrons. The first-order valence-corrected chi connectivity index (χ1v) is 7.40.